The van der Waals surface area contributed by atoms with Gasteiger partial charge in [-0.15, -0.1) is 11.3 Å². The summed E-state index contributed by atoms with van der Waals surface area (Å²) in [5, 5.41) is 16.3. The molecule has 0 saturated carbocycles. The molecule has 4 heterocycles. The van der Waals surface area contributed by atoms with Gasteiger partial charge >= 0.3 is 0 Å². The summed E-state index contributed by atoms with van der Waals surface area (Å²) in [6.07, 6.45) is 0. The summed E-state index contributed by atoms with van der Waals surface area (Å²) in [5.74, 6) is 1.65. The van der Waals surface area contributed by atoms with Crippen molar-refractivity contribution >= 4 is 80.8 Å². The highest BCUT2D eigenvalue weighted by Crippen LogP contribution is 2.44. The molecule has 0 saturated heterocycles. The fraction of sp³-hybridized carbons (Fsp3) is 0. The number of fused-ring (bicyclic) bond motifs is 10. The largest absolute Gasteiger partial charge is 0.294 e. The second kappa shape index (κ2) is 8.77. The Balaban J connectivity index is 1.34. The molecule has 9 aromatic rings. The Kier molecular flexibility index (Phi) is 4.84. The van der Waals surface area contributed by atoms with Gasteiger partial charge in [-0.3, -0.25) is 9.13 Å². The molecule has 0 fully saturated rings. The Bertz CT molecular complexity index is 2710. The van der Waals surface area contributed by atoms with Gasteiger partial charge in [-0.1, -0.05) is 60.7 Å². The fourth-order valence-corrected chi connectivity index (χ4v) is 7.78. The van der Waals surface area contributed by atoms with Crippen LogP contribution in [-0.2, 0) is 0 Å². The molecular weight excluding hydrogens is 547 g/mol. The molecule has 5 aromatic carbocycles. The van der Waals surface area contributed by atoms with Crippen LogP contribution in [0.5, 0.6) is 0 Å². The van der Waals surface area contributed by atoms with Gasteiger partial charge in [-0.2, -0.15) is 5.26 Å². The SMILES string of the molecule is [C-]#[N+]c1ccc2sc3c(ccc4c3c3ccccc3n4-c3cccc(-n4c5ccccc5c5cc(C#N)ccc54)n3)c2c1. The molecule has 6 heteroatoms. The second-order valence-corrected chi connectivity index (χ2v) is 11.7. The number of nitrogens with zero attached hydrogens (tertiary/aromatic N) is 5. The maximum Gasteiger partial charge on any atom is 0.187 e. The number of rotatable bonds is 2. The van der Waals surface area contributed by atoms with Crippen LogP contribution in [0, 0.1) is 17.9 Å². The molecule has 0 N–H and O–H groups in total. The molecule has 0 atom stereocenters. The molecule has 0 aliphatic rings. The van der Waals surface area contributed by atoms with Crippen molar-refractivity contribution in [3.05, 3.63) is 132 Å². The van der Waals surface area contributed by atoms with Crippen molar-refractivity contribution < 1.29 is 0 Å². The third kappa shape index (κ3) is 3.27. The van der Waals surface area contributed by atoms with Crippen LogP contribution in [0.15, 0.2) is 115 Å². The highest BCUT2D eigenvalue weighted by Gasteiger charge is 2.19. The molecule has 0 spiro atoms. The minimum absolute atomic E-state index is 0.639. The summed E-state index contributed by atoms with van der Waals surface area (Å²) in [4.78, 5) is 8.94. The van der Waals surface area contributed by atoms with Crippen molar-refractivity contribution in [1.82, 2.24) is 14.1 Å². The molecule has 5 nitrogen and oxygen atoms in total. The smallest absolute Gasteiger partial charge is 0.187 e. The van der Waals surface area contributed by atoms with Crippen LogP contribution in [0.25, 0.3) is 80.3 Å². The number of hydrogen-bond acceptors (Lipinski definition) is 3. The maximum absolute atomic E-state index is 9.56. The zero-order chi connectivity index (χ0) is 28.7. The van der Waals surface area contributed by atoms with E-state index in [0.29, 0.717) is 11.3 Å². The third-order valence-electron chi connectivity index (χ3n) is 8.36. The molecule has 0 aliphatic heterocycles. The van der Waals surface area contributed by atoms with E-state index in [9.17, 15) is 5.26 Å². The summed E-state index contributed by atoms with van der Waals surface area (Å²) in [5.41, 5.74) is 5.54. The normalized spacial score (nSPS) is 11.7. The first-order valence-electron chi connectivity index (χ1n) is 13.9. The number of aromatic nitrogens is 3. The van der Waals surface area contributed by atoms with Crippen LogP contribution < -0.4 is 0 Å². The average Bonchev–Trinajstić information content (AvgIpc) is 3.71. The van der Waals surface area contributed by atoms with Crippen LogP contribution in [-0.4, -0.2) is 14.1 Å². The molecule has 0 aliphatic carbocycles. The molecular formula is C37H19N5S. The summed E-state index contributed by atoms with van der Waals surface area (Å²) < 4.78 is 6.83. The van der Waals surface area contributed by atoms with Gasteiger partial charge < -0.3 is 0 Å². The first-order chi connectivity index (χ1) is 21.2. The minimum atomic E-state index is 0.639. The number of para-hydroxylation sites is 2. The summed E-state index contributed by atoms with van der Waals surface area (Å²) in [6.45, 7) is 7.50. The number of nitriles is 1. The highest BCUT2D eigenvalue weighted by molar-refractivity contribution is 7.26. The molecule has 0 amide bonds. The zero-order valence-corrected chi connectivity index (χ0v) is 23.4. The van der Waals surface area contributed by atoms with E-state index in [4.69, 9.17) is 11.6 Å². The van der Waals surface area contributed by atoms with Crippen molar-refractivity contribution in [1.29, 1.82) is 5.26 Å². The van der Waals surface area contributed by atoms with Gasteiger partial charge in [-0.25, -0.2) is 9.83 Å². The molecule has 9 rings (SSSR count). The van der Waals surface area contributed by atoms with Crippen molar-refractivity contribution in [3.63, 3.8) is 0 Å². The predicted octanol–water partition coefficient (Wildman–Crippen LogP) is 10.1. The lowest BCUT2D eigenvalue weighted by atomic mass is 10.1. The van der Waals surface area contributed by atoms with Crippen LogP contribution in [0.2, 0.25) is 0 Å². The zero-order valence-electron chi connectivity index (χ0n) is 22.6. The Hall–Kier alpha value is -5.95. The highest BCUT2D eigenvalue weighted by atomic mass is 32.1. The number of benzene rings is 5. The second-order valence-electron chi connectivity index (χ2n) is 10.6. The van der Waals surface area contributed by atoms with Crippen molar-refractivity contribution in [3.8, 4) is 17.7 Å². The van der Waals surface area contributed by atoms with Gasteiger partial charge in [0, 0.05) is 30.9 Å². The van der Waals surface area contributed by atoms with E-state index < -0.39 is 0 Å². The molecule has 4 aromatic heterocycles. The maximum atomic E-state index is 9.56. The minimum Gasteiger partial charge on any atom is -0.294 e. The number of pyridine rings is 1. The first-order valence-corrected chi connectivity index (χ1v) is 14.7. The fourth-order valence-electron chi connectivity index (χ4n) is 6.54. The average molecular weight is 566 g/mol. The van der Waals surface area contributed by atoms with E-state index in [1.807, 2.05) is 48.5 Å². The van der Waals surface area contributed by atoms with E-state index in [-0.39, 0.29) is 0 Å². The van der Waals surface area contributed by atoms with Gasteiger partial charge in [0.2, 0.25) is 0 Å². The Morgan fingerprint density at radius 2 is 1.33 bits per heavy atom. The van der Waals surface area contributed by atoms with Crippen LogP contribution in [0.4, 0.5) is 5.69 Å². The quantitative estimate of drug-likeness (QED) is 0.196. The molecule has 198 valence electrons. The van der Waals surface area contributed by atoms with Gasteiger partial charge in [0.1, 0.15) is 11.6 Å². The summed E-state index contributed by atoms with van der Waals surface area (Å²) >= 11 is 1.78. The lowest BCUT2D eigenvalue weighted by molar-refractivity contribution is 1.01. The topological polar surface area (TPSA) is 50.9 Å². The van der Waals surface area contributed by atoms with Gasteiger partial charge in [-0.05, 0) is 65.4 Å². The Morgan fingerprint density at radius 3 is 2.12 bits per heavy atom. The van der Waals surface area contributed by atoms with Crippen LogP contribution in [0.1, 0.15) is 5.56 Å². The van der Waals surface area contributed by atoms with Crippen LogP contribution in [0.3, 0.4) is 0 Å². The molecule has 0 bridgehead atoms. The van der Waals surface area contributed by atoms with E-state index in [1.165, 1.54) is 25.6 Å². The van der Waals surface area contributed by atoms with Crippen molar-refractivity contribution in [2.75, 3.05) is 0 Å². The lowest BCUT2D eigenvalue weighted by Crippen LogP contribution is -2.03. The first kappa shape index (κ1) is 23.7. The van der Waals surface area contributed by atoms with Crippen LogP contribution >= 0.6 is 11.3 Å². The Labute approximate surface area is 249 Å². The number of hydrogen-bond donors (Lipinski definition) is 0. The molecule has 0 radical (unpaired) electrons. The standard InChI is InChI=1S/C37H19N5S/c1-39-23-14-18-33-28(20-23)25-15-17-32-36(37(25)43-33)26-8-3-5-10-30(26)42(32)35-12-6-11-34(40-35)41-29-9-4-2-7-24(29)27-19-22(21-38)13-16-31(27)41/h2-20H. The molecule has 43 heavy (non-hydrogen) atoms. The van der Waals surface area contributed by atoms with E-state index >= 15 is 0 Å². The number of thiophene rings is 1. The summed E-state index contributed by atoms with van der Waals surface area (Å²) in [7, 11) is 0. The van der Waals surface area contributed by atoms with Gasteiger partial charge in [0.05, 0.1) is 40.3 Å². The van der Waals surface area contributed by atoms with E-state index in [2.05, 4.69) is 86.8 Å². The van der Waals surface area contributed by atoms with Gasteiger partial charge in [0.25, 0.3) is 0 Å². The van der Waals surface area contributed by atoms with Crippen molar-refractivity contribution in [2.24, 2.45) is 0 Å². The van der Waals surface area contributed by atoms with E-state index in [0.717, 1.165) is 49.9 Å². The predicted molar refractivity (Wildman–Crippen MR) is 177 cm³/mol. The Morgan fingerprint density at radius 1 is 0.628 bits per heavy atom. The van der Waals surface area contributed by atoms with E-state index in [1.54, 1.807) is 11.3 Å². The lowest BCUT2D eigenvalue weighted by Gasteiger charge is -2.11. The molecule has 0 unspecified atom stereocenters. The monoisotopic (exact) mass is 565 g/mol. The van der Waals surface area contributed by atoms with Gasteiger partial charge in [0.15, 0.2) is 5.69 Å². The van der Waals surface area contributed by atoms with Crippen molar-refractivity contribution in [2.45, 2.75) is 0 Å². The third-order valence-corrected chi connectivity index (χ3v) is 9.57. The summed E-state index contributed by atoms with van der Waals surface area (Å²) in [6, 6.07) is 41.4.